The summed E-state index contributed by atoms with van der Waals surface area (Å²) in [6.07, 6.45) is 0.839. The van der Waals surface area contributed by atoms with E-state index in [2.05, 4.69) is 29.7 Å². The zero-order valence-electron chi connectivity index (χ0n) is 18.9. The minimum Gasteiger partial charge on any atom is -0.494 e. The van der Waals surface area contributed by atoms with Gasteiger partial charge in [-0.1, -0.05) is 29.8 Å². The molecule has 0 aliphatic rings. The lowest BCUT2D eigenvalue weighted by Crippen LogP contribution is -2.06. The third kappa shape index (κ3) is 4.35. The highest BCUT2D eigenvalue weighted by Gasteiger charge is 2.18. The van der Waals surface area contributed by atoms with E-state index in [4.69, 9.17) is 23.9 Å². The molecule has 0 N–H and O–H groups in total. The van der Waals surface area contributed by atoms with Gasteiger partial charge in [0.1, 0.15) is 11.6 Å². The number of rotatable bonds is 9. The summed E-state index contributed by atoms with van der Waals surface area (Å²) in [6.45, 7) is 3.45. The van der Waals surface area contributed by atoms with Crippen LogP contribution in [-0.4, -0.2) is 37.5 Å². The average molecular weight is 433 g/mol. The van der Waals surface area contributed by atoms with Crippen molar-refractivity contribution >= 4 is 11.0 Å². The second-order valence-electron chi connectivity index (χ2n) is 7.50. The molecule has 0 fully saturated rings. The van der Waals surface area contributed by atoms with Crippen molar-refractivity contribution < 1.29 is 18.9 Å². The Hall–Kier alpha value is -3.67. The number of hydrogen-bond acceptors (Lipinski definition) is 5. The molecule has 0 saturated heterocycles. The van der Waals surface area contributed by atoms with Crippen LogP contribution in [0.2, 0.25) is 0 Å². The van der Waals surface area contributed by atoms with E-state index in [9.17, 15) is 0 Å². The topological polar surface area (TPSA) is 54.7 Å². The van der Waals surface area contributed by atoms with Crippen LogP contribution in [-0.2, 0) is 6.54 Å². The zero-order chi connectivity index (χ0) is 22.5. The number of benzene rings is 3. The number of nitrogens with zero attached hydrogens (tertiary/aromatic N) is 2. The highest BCUT2D eigenvalue weighted by molar-refractivity contribution is 5.81. The molecule has 0 spiro atoms. The maximum Gasteiger partial charge on any atom is 0.203 e. The number of ether oxygens (including phenoxy) is 4. The van der Waals surface area contributed by atoms with Gasteiger partial charge in [0.2, 0.25) is 5.75 Å². The van der Waals surface area contributed by atoms with Crippen LogP contribution in [0.5, 0.6) is 23.0 Å². The first-order chi connectivity index (χ1) is 15.6. The molecule has 0 aliphatic heterocycles. The summed E-state index contributed by atoms with van der Waals surface area (Å²) < 4.78 is 24.7. The van der Waals surface area contributed by atoms with Crippen molar-refractivity contribution in [2.24, 2.45) is 0 Å². The zero-order valence-corrected chi connectivity index (χ0v) is 18.9. The third-order valence-corrected chi connectivity index (χ3v) is 5.39. The van der Waals surface area contributed by atoms with Gasteiger partial charge in [0.25, 0.3) is 0 Å². The molecule has 4 aromatic rings. The fraction of sp³-hybridized carbons (Fsp3) is 0.269. The van der Waals surface area contributed by atoms with Gasteiger partial charge in [0, 0.05) is 12.1 Å². The molecule has 6 nitrogen and oxygen atoms in total. The number of aromatic nitrogens is 2. The minimum absolute atomic E-state index is 0.563. The fourth-order valence-corrected chi connectivity index (χ4v) is 3.78. The van der Waals surface area contributed by atoms with Crippen LogP contribution in [0, 0.1) is 6.92 Å². The van der Waals surface area contributed by atoms with Crippen LogP contribution in [0.4, 0.5) is 0 Å². The monoisotopic (exact) mass is 432 g/mol. The van der Waals surface area contributed by atoms with E-state index in [0.717, 1.165) is 41.1 Å². The van der Waals surface area contributed by atoms with Crippen LogP contribution in [0.25, 0.3) is 22.4 Å². The molecule has 0 aliphatic carbocycles. The van der Waals surface area contributed by atoms with E-state index >= 15 is 0 Å². The summed E-state index contributed by atoms with van der Waals surface area (Å²) in [5.41, 5.74) is 4.13. The first-order valence-electron chi connectivity index (χ1n) is 10.6. The van der Waals surface area contributed by atoms with Gasteiger partial charge >= 0.3 is 0 Å². The van der Waals surface area contributed by atoms with Gasteiger partial charge in [-0.15, -0.1) is 0 Å². The van der Waals surface area contributed by atoms with Gasteiger partial charge in [-0.3, -0.25) is 0 Å². The van der Waals surface area contributed by atoms with Gasteiger partial charge in [-0.05, 0) is 49.7 Å². The number of aryl methyl sites for hydroxylation is 2. The van der Waals surface area contributed by atoms with Gasteiger partial charge in [0.05, 0.1) is 39.0 Å². The Balaban J connectivity index is 1.64. The molecule has 32 heavy (non-hydrogen) atoms. The molecule has 4 rings (SSSR count). The van der Waals surface area contributed by atoms with E-state index in [0.29, 0.717) is 23.9 Å². The SMILES string of the molecule is COc1cc(-c2nc3ccccc3n2CCCOc2ccc(C)cc2)cc(OC)c1OC. The fourth-order valence-electron chi connectivity index (χ4n) is 3.78. The first-order valence-corrected chi connectivity index (χ1v) is 10.6. The lowest BCUT2D eigenvalue weighted by molar-refractivity contribution is 0.303. The Morgan fingerprint density at radius 1 is 0.844 bits per heavy atom. The molecule has 0 atom stereocenters. The van der Waals surface area contributed by atoms with Gasteiger partial charge in [-0.2, -0.15) is 0 Å². The first kappa shape index (κ1) is 21.6. The Morgan fingerprint density at radius 3 is 2.19 bits per heavy atom. The molecule has 1 heterocycles. The molecule has 3 aromatic carbocycles. The number of para-hydroxylation sites is 2. The number of hydrogen-bond donors (Lipinski definition) is 0. The van der Waals surface area contributed by atoms with Crippen LogP contribution in [0.3, 0.4) is 0 Å². The smallest absolute Gasteiger partial charge is 0.203 e. The quantitative estimate of drug-likeness (QED) is 0.327. The molecule has 1 aromatic heterocycles. The van der Waals surface area contributed by atoms with Crippen molar-refractivity contribution in [3.05, 3.63) is 66.2 Å². The van der Waals surface area contributed by atoms with E-state index in [1.165, 1.54) is 5.56 Å². The Labute approximate surface area is 188 Å². The standard InChI is InChI=1S/C26H28N2O4/c1-18-10-12-20(13-11-18)32-15-7-14-28-22-9-6-5-8-21(22)27-26(28)19-16-23(29-2)25(31-4)24(17-19)30-3/h5-6,8-13,16-17H,7,14-15H2,1-4H3. The van der Waals surface area contributed by atoms with E-state index in [1.807, 2.05) is 42.5 Å². The predicted molar refractivity (Wildman–Crippen MR) is 126 cm³/mol. The van der Waals surface area contributed by atoms with Gasteiger partial charge in [-0.25, -0.2) is 4.98 Å². The second kappa shape index (κ2) is 9.64. The van der Waals surface area contributed by atoms with Crippen molar-refractivity contribution in [1.82, 2.24) is 9.55 Å². The molecule has 6 heteroatoms. The molecule has 166 valence electrons. The van der Waals surface area contributed by atoms with Crippen LogP contribution < -0.4 is 18.9 Å². The molecular weight excluding hydrogens is 404 g/mol. The molecule has 0 bridgehead atoms. The Kier molecular flexibility index (Phi) is 6.50. The lowest BCUT2D eigenvalue weighted by atomic mass is 10.1. The van der Waals surface area contributed by atoms with Gasteiger partial charge < -0.3 is 23.5 Å². The summed E-state index contributed by atoms with van der Waals surface area (Å²) in [5, 5.41) is 0. The van der Waals surface area contributed by atoms with E-state index in [1.54, 1.807) is 21.3 Å². The summed E-state index contributed by atoms with van der Waals surface area (Å²) in [4.78, 5) is 4.91. The average Bonchev–Trinajstić information content (AvgIpc) is 3.20. The maximum atomic E-state index is 5.93. The summed E-state index contributed by atoms with van der Waals surface area (Å²) >= 11 is 0. The van der Waals surface area contributed by atoms with Crippen molar-refractivity contribution in [3.63, 3.8) is 0 Å². The van der Waals surface area contributed by atoms with Crippen molar-refractivity contribution in [2.45, 2.75) is 19.9 Å². The lowest BCUT2D eigenvalue weighted by Gasteiger charge is -2.15. The number of fused-ring (bicyclic) bond motifs is 1. The van der Waals surface area contributed by atoms with Crippen molar-refractivity contribution in [2.75, 3.05) is 27.9 Å². The van der Waals surface area contributed by atoms with Gasteiger partial charge in [0.15, 0.2) is 11.5 Å². The maximum absolute atomic E-state index is 5.93. The second-order valence-corrected chi connectivity index (χ2v) is 7.50. The summed E-state index contributed by atoms with van der Waals surface area (Å²) in [7, 11) is 4.84. The Bertz CT molecular complexity index is 1170. The molecule has 0 radical (unpaired) electrons. The third-order valence-electron chi connectivity index (χ3n) is 5.39. The highest BCUT2D eigenvalue weighted by atomic mass is 16.5. The largest absolute Gasteiger partial charge is 0.494 e. The molecular formula is C26H28N2O4. The normalized spacial score (nSPS) is 10.9. The van der Waals surface area contributed by atoms with Crippen LogP contribution in [0.15, 0.2) is 60.7 Å². The van der Waals surface area contributed by atoms with Crippen LogP contribution >= 0.6 is 0 Å². The summed E-state index contributed by atoms with van der Waals surface area (Å²) in [6, 6.07) is 20.1. The highest BCUT2D eigenvalue weighted by Crippen LogP contribution is 2.41. The van der Waals surface area contributed by atoms with E-state index in [-0.39, 0.29) is 0 Å². The van der Waals surface area contributed by atoms with Crippen LogP contribution in [0.1, 0.15) is 12.0 Å². The van der Waals surface area contributed by atoms with E-state index < -0.39 is 0 Å². The number of methoxy groups -OCH3 is 3. The Morgan fingerprint density at radius 2 is 1.53 bits per heavy atom. The molecule has 0 amide bonds. The molecule has 0 unspecified atom stereocenters. The summed E-state index contributed by atoms with van der Waals surface area (Å²) in [5.74, 6) is 3.50. The molecule has 0 saturated carbocycles. The van der Waals surface area contributed by atoms with Crippen molar-refractivity contribution in [3.8, 4) is 34.4 Å². The minimum atomic E-state index is 0.563. The number of imidazole rings is 1. The van der Waals surface area contributed by atoms with Crippen molar-refractivity contribution in [1.29, 1.82) is 0 Å². The predicted octanol–water partition coefficient (Wildman–Crippen LogP) is 5.51.